The van der Waals surface area contributed by atoms with Crippen molar-refractivity contribution in [3.8, 4) is 5.75 Å². The van der Waals surface area contributed by atoms with E-state index in [0.29, 0.717) is 46.7 Å². The highest BCUT2D eigenvalue weighted by atomic mass is 35.5. The summed E-state index contributed by atoms with van der Waals surface area (Å²) >= 11 is 6.32. The highest BCUT2D eigenvalue weighted by molar-refractivity contribution is 6.32. The third-order valence-electron chi connectivity index (χ3n) is 5.27. The van der Waals surface area contributed by atoms with E-state index in [1.54, 1.807) is 19.1 Å². The lowest BCUT2D eigenvalue weighted by Gasteiger charge is -2.30. The molecule has 1 atom stereocenters. The van der Waals surface area contributed by atoms with Gasteiger partial charge in [0, 0.05) is 24.5 Å². The molecule has 0 radical (unpaired) electrons. The number of halogens is 1. The summed E-state index contributed by atoms with van der Waals surface area (Å²) in [4.78, 5) is 38.1. The standard InChI is InChI=1S/C22H24ClNO6/c1-12(2)11-29-19-9-18-15(7-17(19)23)13(3)16(22(28)30-18)8-20(25)24-6-4-5-14(10-24)21(26)27/h7,9,14H,1,4-6,8,10-11H2,2-3H3,(H,26,27)/t14-/m1/s1. The van der Waals surface area contributed by atoms with Crippen LogP contribution < -0.4 is 10.4 Å². The van der Waals surface area contributed by atoms with E-state index in [9.17, 15) is 19.5 Å². The van der Waals surface area contributed by atoms with Crippen LogP contribution in [0.5, 0.6) is 5.75 Å². The van der Waals surface area contributed by atoms with E-state index < -0.39 is 17.5 Å². The van der Waals surface area contributed by atoms with E-state index in [2.05, 4.69) is 6.58 Å². The van der Waals surface area contributed by atoms with Crippen LogP contribution >= 0.6 is 11.6 Å². The molecular weight excluding hydrogens is 410 g/mol. The zero-order chi connectivity index (χ0) is 22.0. The van der Waals surface area contributed by atoms with Crippen LogP contribution in [0.4, 0.5) is 0 Å². The average Bonchev–Trinajstić information content (AvgIpc) is 2.70. The number of fused-ring (bicyclic) bond motifs is 1. The number of piperidine rings is 1. The number of carboxylic acid groups (broad SMARTS) is 1. The molecule has 0 saturated carbocycles. The Bertz CT molecular complexity index is 1070. The fraction of sp³-hybridized carbons (Fsp3) is 0.409. The summed E-state index contributed by atoms with van der Waals surface area (Å²) in [5, 5.41) is 10.2. The van der Waals surface area contributed by atoms with Crippen molar-refractivity contribution in [3.63, 3.8) is 0 Å². The number of carbonyl (C=O) groups is 2. The predicted molar refractivity (Wildman–Crippen MR) is 113 cm³/mol. The second-order valence-electron chi connectivity index (χ2n) is 7.71. The normalized spacial score (nSPS) is 16.5. The Labute approximate surface area is 178 Å². The maximum absolute atomic E-state index is 12.7. The topological polar surface area (TPSA) is 97.0 Å². The quantitative estimate of drug-likeness (QED) is 0.552. The van der Waals surface area contributed by atoms with Gasteiger partial charge in [-0.05, 0) is 43.9 Å². The molecule has 1 aliphatic rings. The van der Waals surface area contributed by atoms with Crippen molar-refractivity contribution in [2.24, 2.45) is 5.92 Å². The number of carboxylic acids is 1. The number of aliphatic carboxylic acids is 1. The summed E-state index contributed by atoms with van der Waals surface area (Å²) in [6.07, 6.45) is 1.02. The molecule has 0 unspecified atom stereocenters. The first-order chi connectivity index (χ1) is 14.2. The lowest BCUT2D eigenvalue weighted by molar-refractivity contribution is -0.145. The van der Waals surface area contributed by atoms with Gasteiger partial charge in [0.05, 0.1) is 22.9 Å². The van der Waals surface area contributed by atoms with E-state index in [4.69, 9.17) is 20.8 Å². The molecule has 0 aliphatic carbocycles. The van der Waals surface area contributed by atoms with E-state index in [0.717, 1.165) is 5.57 Å². The molecule has 1 aromatic heterocycles. The number of likely N-dealkylation sites (tertiary alicyclic amines) is 1. The molecule has 30 heavy (non-hydrogen) atoms. The molecule has 0 spiro atoms. The summed E-state index contributed by atoms with van der Waals surface area (Å²) in [6.45, 7) is 8.26. The number of nitrogens with zero attached hydrogens (tertiary/aromatic N) is 1. The van der Waals surface area contributed by atoms with Crippen molar-refractivity contribution < 1.29 is 23.8 Å². The van der Waals surface area contributed by atoms with Crippen molar-refractivity contribution in [1.29, 1.82) is 0 Å². The van der Waals surface area contributed by atoms with Gasteiger partial charge in [-0.15, -0.1) is 0 Å². The first-order valence-corrected chi connectivity index (χ1v) is 10.1. The lowest BCUT2D eigenvalue weighted by atomic mass is 9.97. The van der Waals surface area contributed by atoms with Gasteiger partial charge in [0.15, 0.2) is 0 Å². The number of aryl methyl sites for hydroxylation is 1. The van der Waals surface area contributed by atoms with Gasteiger partial charge in [-0.2, -0.15) is 0 Å². The summed E-state index contributed by atoms with van der Waals surface area (Å²) in [5.41, 5.74) is 1.39. The molecule has 1 fully saturated rings. The minimum atomic E-state index is -0.909. The largest absolute Gasteiger partial charge is 0.488 e. The Morgan fingerprint density at radius 2 is 2.13 bits per heavy atom. The van der Waals surface area contributed by atoms with Gasteiger partial charge in [0.2, 0.25) is 5.91 Å². The van der Waals surface area contributed by atoms with Crippen molar-refractivity contribution in [2.45, 2.75) is 33.1 Å². The van der Waals surface area contributed by atoms with Gasteiger partial charge >= 0.3 is 11.6 Å². The van der Waals surface area contributed by atoms with Gasteiger partial charge in [0.25, 0.3) is 0 Å². The summed E-state index contributed by atoms with van der Waals surface area (Å²) in [7, 11) is 0. The lowest BCUT2D eigenvalue weighted by Crippen LogP contribution is -2.43. The minimum absolute atomic E-state index is 0.151. The van der Waals surface area contributed by atoms with Crippen LogP contribution in [-0.2, 0) is 16.0 Å². The fourth-order valence-corrected chi connectivity index (χ4v) is 3.79. The third-order valence-corrected chi connectivity index (χ3v) is 5.56. The first-order valence-electron chi connectivity index (χ1n) is 9.71. The number of hydrogen-bond acceptors (Lipinski definition) is 5. The predicted octanol–water partition coefficient (Wildman–Crippen LogP) is 3.58. The summed E-state index contributed by atoms with van der Waals surface area (Å²) in [5.74, 6) is -1.39. The molecule has 3 rings (SSSR count). The van der Waals surface area contributed by atoms with Crippen LogP contribution in [0.2, 0.25) is 5.02 Å². The molecule has 2 aromatic rings. The Morgan fingerprint density at radius 3 is 2.80 bits per heavy atom. The van der Waals surface area contributed by atoms with Gasteiger partial charge in [0.1, 0.15) is 17.9 Å². The number of hydrogen-bond donors (Lipinski definition) is 1. The van der Waals surface area contributed by atoms with Crippen LogP contribution in [0.1, 0.15) is 30.9 Å². The molecule has 7 nitrogen and oxygen atoms in total. The van der Waals surface area contributed by atoms with Crippen LogP contribution in [0.25, 0.3) is 11.0 Å². The highest BCUT2D eigenvalue weighted by Gasteiger charge is 2.29. The number of rotatable bonds is 6. The number of benzene rings is 1. The molecule has 160 valence electrons. The SMILES string of the molecule is C=C(C)COc1cc2oc(=O)c(CC(=O)N3CCC[C@@H](C(=O)O)C3)c(C)c2cc1Cl. The monoisotopic (exact) mass is 433 g/mol. The third kappa shape index (κ3) is 4.67. The van der Waals surface area contributed by atoms with E-state index in [1.165, 1.54) is 4.90 Å². The molecular formula is C22H24ClNO6. The van der Waals surface area contributed by atoms with Crippen molar-refractivity contribution >= 4 is 34.4 Å². The van der Waals surface area contributed by atoms with Crippen LogP contribution in [0.3, 0.4) is 0 Å². The molecule has 1 aromatic carbocycles. The molecule has 1 amide bonds. The Morgan fingerprint density at radius 1 is 1.40 bits per heavy atom. The smallest absolute Gasteiger partial charge is 0.340 e. The number of amides is 1. The number of carbonyl (C=O) groups excluding carboxylic acids is 1. The zero-order valence-electron chi connectivity index (χ0n) is 17.0. The van der Waals surface area contributed by atoms with Gasteiger partial charge < -0.3 is 19.2 Å². The Kier molecular flexibility index (Phi) is 6.51. The van der Waals surface area contributed by atoms with E-state index in [1.807, 2.05) is 6.92 Å². The highest BCUT2D eigenvalue weighted by Crippen LogP contribution is 2.32. The van der Waals surface area contributed by atoms with Gasteiger partial charge in [-0.25, -0.2) is 4.79 Å². The van der Waals surface area contributed by atoms with Crippen molar-refractivity contribution in [3.05, 3.63) is 50.9 Å². The summed E-state index contributed by atoms with van der Waals surface area (Å²) in [6, 6.07) is 3.21. The number of ether oxygens (including phenoxy) is 1. The second-order valence-corrected chi connectivity index (χ2v) is 8.12. The summed E-state index contributed by atoms with van der Waals surface area (Å²) < 4.78 is 11.0. The van der Waals surface area contributed by atoms with Crippen molar-refractivity contribution in [2.75, 3.05) is 19.7 Å². The van der Waals surface area contributed by atoms with Crippen LogP contribution in [-0.4, -0.2) is 41.6 Å². The average molecular weight is 434 g/mol. The fourth-order valence-electron chi connectivity index (χ4n) is 3.57. The van der Waals surface area contributed by atoms with Crippen LogP contribution in [0, 0.1) is 12.8 Å². The maximum Gasteiger partial charge on any atom is 0.340 e. The van der Waals surface area contributed by atoms with Gasteiger partial charge in [-0.1, -0.05) is 18.2 Å². The maximum atomic E-state index is 12.7. The van der Waals surface area contributed by atoms with Crippen molar-refractivity contribution in [1.82, 2.24) is 4.90 Å². The Hall–Kier alpha value is -2.80. The zero-order valence-corrected chi connectivity index (χ0v) is 17.8. The van der Waals surface area contributed by atoms with Gasteiger partial charge in [-0.3, -0.25) is 9.59 Å². The molecule has 1 aliphatic heterocycles. The second kappa shape index (κ2) is 8.92. The Balaban J connectivity index is 1.88. The van der Waals surface area contributed by atoms with E-state index in [-0.39, 0.29) is 31.0 Å². The molecule has 2 heterocycles. The minimum Gasteiger partial charge on any atom is -0.488 e. The molecule has 0 bridgehead atoms. The molecule has 8 heteroatoms. The van der Waals surface area contributed by atoms with E-state index >= 15 is 0 Å². The van der Waals surface area contributed by atoms with Crippen LogP contribution in [0.15, 0.2) is 33.5 Å². The first kappa shape index (κ1) is 21.9. The molecule has 1 saturated heterocycles. The molecule has 1 N–H and O–H groups in total.